The van der Waals surface area contributed by atoms with E-state index < -0.39 is 0 Å². The number of aromatic nitrogens is 1. The van der Waals surface area contributed by atoms with E-state index in [9.17, 15) is 4.79 Å². The second kappa shape index (κ2) is 9.16. The van der Waals surface area contributed by atoms with E-state index in [1.54, 1.807) is 0 Å². The number of fused-ring (bicyclic) bond motifs is 1. The van der Waals surface area contributed by atoms with Gasteiger partial charge in [-0.3, -0.25) is 9.69 Å². The van der Waals surface area contributed by atoms with Crippen molar-refractivity contribution in [1.82, 2.24) is 19.7 Å². The number of hydrogen-bond donors (Lipinski definition) is 1. The fourth-order valence-corrected chi connectivity index (χ4v) is 5.97. The molecular formula is C26H38N4O2. The zero-order valence-electron chi connectivity index (χ0n) is 19.7. The molecule has 2 aromatic rings. The Bertz CT molecular complexity index is 923. The van der Waals surface area contributed by atoms with Gasteiger partial charge in [-0.1, -0.05) is 19.9 Å². The van der Waals surface area contributed by atoms with Crippen molar-refractivity contribution in [2.75, 3.05) is 52.4 Å². The van der Waals surface area contributed by atoms with Gasteiger partial charge in [0.15, 0.2) is 0 Å². The monoisotopic (exact) mass is 438 g/mol. The van der Waals surface area contributed by atoms with E-state index in [4.69, 9.17) is 4.74 Å². The van der Waals surface area contributed by atoms with Crippen LogP contribution in [0.5, 0.6) is 0 Å². The molecule has 3 fully saturated rings. The Labute approximate surface area is 191 Å². The van der Waals surface area contributed by atoms with Crippen molar-refractivity contribution in [3.63, 3.8) is 0 Å². The third kappa shape index (κ3) is 4.59. The smallest absolute Gasteiger partial charge is 0.253 e. The van der Waals surface area contributed by atoms with Crippen molar-refractivity contribution in [2.24, 2.45) is 5.92 Å². The molecule has 3 aliphatic heterocycles. The highest BCUT2D eigenvalue weighted by Crippen LogP contribution is 2.37. The van der Waals surface area contributed by atoms with Gasteiger partial charge in [0.25, 0.3) is 5.91 Å². The van der Waals surface area contributed by atoms with E-state index in [0.717, 1.165) is 67.8 Å². The molecule has 1 amide bonds. The van der Waals surface area contributed by atoms with Crippen molar-refractivity contribution in [2.45, 2.75) is 51.2 Å². The Morgan fingerprint density at radius 2 is 1.91 bits per heavy atom. The molecule has 1 atom stereocenters. The fraction of sp³-hybridized carbons (Fsp3) is 0.654. The minimum absolute atomic E-state index is 0.0435. The van der Waals surface area contributed by atoms with Crippen LogP contribution in [0, 0.1) is 5.92 Å². The summed E-state index contributed by atoms with van der Waals surface area (Å²) >= 11 is 0. The highest BCUT2D eigenvalue weighted by atomic mass is 16.5. The number of likely N-dealkylation sites (tertiary alicyclic amines) is 1. The minimum Gasteiger partial charge on any atom is -0.375 e. The van der Waals surface area contributed by atoms with Crippen LogP contribution in [0.15, 0.2) is 30.5 Å². The second-order valence-electron chi connectivity index (χ2n) is 10.5. The molecule has 0 radical (unpaired) electrons. The average Bonchev–Trinajstić information content (AvgIpc) is 3.27. The number of nitrogens with zero attached hydrogens (tertiary/aromatic N) is 3. The first-order valence-corrected chi connectivity index (χ1v) is 12.5. The van der Waals surface area contributed by atoms with Crippen molar-refractivity contribution >= 4 is 16.8 Å². The lowest BCUT2D eigenvalue weighted by Crippen LogP contribution is -2.57. The van der Waals surface area contributed by atoms with Gasteiger partial charge in [0.2, 0.25) is 0 Å². The first kappa shape index (κ1) is 21.9. The van der Waals surface area contributed by atoms with Crippen LogP contribution in [0.2, 0.25) is 0 Å². The topological polar surface area (TPSA) is 51.8 Å². The standard InChI is InChI=1S/C26H38N4O2/c1-20(2)19-28-12-14-29(15-13-28)23-6-16-32-26(18-23)7-10-30(11-8-26)25(31)22-4-3-21-5-9-27-24(21)17-22/h3-5,9,17,20,23,27H,6-8,10-16,18-19H2,1-2H3/t23-/m1/s1. The molecule has 0 bridgehead atoms. The van der Waals surface area contributed by atoms with E-state index in [-0.39, 0.29) is 11.5 Å². The molecule has 3 saturated heterocycles. The second-order valence-corrected chi connectivity index (χ2v) is 10.5. The molecule has 1 spiro atoms. The van der Waals surface area contributed by atoms with Crippen molar-refractivity contribution < 1.29 is 9.53 Å². The zero-order valence-corrected chi connectivity index (χ0v) is 19.7. The van der Waals surface area contributed by atoms with E-state index in [1.807, 2.05) is 35.4 Å². The summed E-state index contributed by atoms with van der Waals surface area (Å²) in [7, 11) is 0. The number of carbonyl (C=O) groups is 1. The summed E-state index contributed by atoms with van der Waals surface area (Å²) in [6.45, 7) is 13.0. The van der Waals surface area contributed by atoms with Gasteiger partial charge in [-0.25, -0.2) is 0 Å². The van der Waals surface area contributed by atoms with Crippen LogP contribution in [-0.2, 0) is 4.74 Å². The van der Waals surface area contributed by atoms with Crippen LogP contribution in [0.3, 0.4) is 0 Å². The molecule has 1 N–H and O–H groups in total. The average molecular weight is 439 g/mol. The number of ether oxygens (including phenoxy) is 1. The summed E-state index contributed by atoms with van der Waals surface area (Å²) in [6.07, 6.45) is 6.09. The number of aromatic amines is 1. The molecule has 174 valence electrons. The molecule has 4 heterocycles. The zero-order chi connectivity index (χ0) is 22.1. The van der Waals surface area contributed by atoms with Gasteiger partial charge in [-0.05, 0) is 55.2 Å². The summed E-state index contributed by atoms with van der Waals surface area (Å²) in [6, 6.07) is 8.63. The highest BCUT2D eigenvalue weighted by Gasteiger charge is 2.43. The van der Waals surface area contributed by atoms with Gasteiger partial charge < -0.3 is 19.5 Å². The van der Waals surface area contributed by atoms with Gasteiger partial charge in [0.1, 0.15) is 0 Å². The van der Waals surface area contributed by atoms with Crippen LogP contribution in [0.25, 0.3) is 10.9 Å². The number of piperidine rings is 1. The van der Waals surface area contributed by atoms with Gasteiger partial charge in [0, 0.05) is 75.7 Å². The number of benzene rings is 1. The van der Waals surface area contributed by atoms with E-state index >= 15 is 0 Å². The molecule has 3 aliphatic rings. The summed E-state index contributed by atoms with van der Waals surface area (Å²) in [5.74, 6) is 0.885. The summed E-state index contributed by atoms with van der Waals surface area (Å²) in [5, 5.41) is 1.14. The van der Waals surface area contributed by atoms with Crippen molar-refractivity contribution in [1.29, 1.82) is 0 Å². The van der Waals surface area contributed by atoms with Gasteiger partial charge in [0.05, 0.1) is 5.60 Å². The maximum Gasteiger partial charge on any atom is 0.253 e. The number of nitrogens with one attached hydrogen (secondary N) is 1. The molecule has 5 rings (SSSR count). The maximum atomic E-state index is 13.1. The lowest BCUT2D eigenvalue weighted by Gasteiger charge is -2.49. The molecule has 32 heavy (non-hydrogen) atoms. The predicted octanol–water partition coefficient (Wildman–Crippen LogP) is 3.60. The molecule has 0 saturated carbocycles. The normalized spacial score (nSPS) is 25.1. The lowest BCUT2D eigenvalue weighted by molar-refractivity contribution is -0.132. The highest BCUT2D eigenvalue weighted by molar-refractivity contribution is 5.98. The third-order valence-corrected chi connectivity index (χ3v) is 7.78. The lowest BCUT2D eigenvalue weighted by atomic mass is 9.81. The van der Waals surface area contributed by atoms with Crippen LogP contribution < -0.4 is 0 Å². The molecule has 6 heteroatoms. The minimum atomic E-state index is -0.0435. The first-order chi connectivity index (χ1) is 15.5. The van der Waals surface area contributed by atoms with Crippen LogP contribution in [0.1, 0.15) is 49.9 Å². The Balaban J connectivity index is 1.16. The quantitative estimate of drug-likeness (QED) is 0.793. The van der Waals surface area contributed by atoms with Crippen LogP contribution >= 0.6 is 0 Å². The summed E-state index contributed by atoms with van der Waals surface area (Å²) in [4.78, 5) is 23.7. The molecule has 1 aromatic heterocycles. The summed E-state index contributed by atoms with van der Waals surface area (Å²) < 4.78 is 6.40. The van der Waals surface area contributed by atoms with Crippen LogP contribution in [0.4, 0.5) is 0 Å². The number of carbonyl (C=O) groups excluding carboxylic acids is 1. The SMILES string of the molecule is CC(C)CN1CCN([C@@H]2CCOC3(CCN(C(=O)c4ccc5cc[nH]c5c4)CC3)C2)CC1. The third-order valence-electron chi connectivity index (χ3n) is 7.78. The van der Waals surface area contributed by atoms with Gasteiger partial charge in [-0.2, -0.15) is 0 Å². The Morgan fingerprint density at radius 3 is 2.66 bits per heavy atom. The molecule has 0 unspecified atom stereocenters. The van der Waals surface area contributed by atoms with E-state index in [2.05, 4.69) is 28.6 Å². The number of rotatable bonds is 4. The van der Waals surface area contributed by atoms with Crippen molar-refractivity contribution in [3.8, 4) is 0 Å². The maximum absolute atomic E-state index is 13.1. The van der Waals surface area contributed by atoms with Gasteiger partial charge in [-0.15, -0.1) is 0 Å². The van der Waals surface area contributed by atoms with Crippen molar-refractivity contribution in [3.05, 3.63) is 36.0 Å². The Hall–Kier alpha value is -1.89. The Kier molecular flexibility index (Phi) is 6.28. The fourth-order valence-electron chi connectivity index (χ4n) is 5.97. The summed E-state index contributed by atoms with van der Waals surface area (Å²) in [5.41, 5.74) is 1.76. The molecule has 0 aliphatic carbocycles. The largest absolute Gasteiger partial charge is 0.375 e. The number of H-pyrrole nitrogens is 1. The van der Waals surface area contributed by atoms with E-state index in [0.29, 0.717) is 6.04 Å². The Morgan fingerprint density at radius 1 is 1.12 bits per heavy atom. The first-order valence-electron chi connectivity index (χ1n) is 12.5. The molecule has 1 aromatic carbocycles. The predicted molar refractivity (Wildman–Crippen MR) is 128 cm³/mol. The number of piperazine rings is 1. The van der Waals surface area contributed by atoms with E-state index in [1.165, 1.54) is 32.7 Å². The van der Waals surface area contributed by atoms with Gasteiger partial charge >= 0.3 is 0 Å². The van der Waals surface area contributed by atoms with Crippen LogP contribution in [-0.4, -0.2) is 89.7 Å². The molecule has 6 nitrogen and oxygen atoms in total. The number of amides is 1. The number of hydrogen-bond acceptors (Lipinski definition) is 4. The molecular weight excluding hydrogens is 400 g/mol.